The minimum absolute atomic E-state index is 0.224. The third-order valence-corrected chi connectivity index (χ3v) is 5.11. The first-order valence-corrected chi connectivity index (χ1v) is 9.47. The summed E-state index contributed by atoms with van der Waals surface area (Å²) in [4.78, 5) is 13.4. The van der Waals surface area contributed by atoms with Gasteiger partial charge in [0, 0.05) is 22.7 Å². The molecule has 0 radical (unpaired) electrons. The SMILES string of the molecule is Cc1cc(Cl)ccc1OC(C)C(=O)Nc1ccc(Sc2nncn2C)cc1. The number of hydrogen-bond donors (Lipinski definition) is 1. The Labute approximate surface area is 166 Å². The Balaban J connectivity index is 1.59. The van der Waals surface area contributed by atoms with Crippen molar-refractivity contribution in [1.29, 1.82) is 0 Å². The Morgan fingerprint density at radius 1 is 1.26 bits per heavy atom. The van der Waals surface area contributed by atoms with Gasteiger partial charge in [-0.3, -0.25) is 4.79 Å². The highest BCUT2D eigenvalue weighted by molar-refractivity contribution is 7.99. The van der Waals surface area contributed by atoms with Gasteiger partial charge in [0.25, 0.3) is 5.91 Å². The van der Waals surface area contributed by atoms with E-state index in [4.69, 9.17) is 16.3 Å². The zero-order valence-electron chi connectivity index (χ0n) is 15.1. The van der Waals surface area contributed by atoms with Crippen molar-refractivity contribution in [3.05, 3.63) is 59.4 Å². The number of nitrogens with zero attached hydrogens (tertiary/aromatic N) is 3. The van der Waals surface area contributed by atoms with E-state index in [1.807, 2.05) is 42.8 Å². The number of carbonyl (C=O) groups is 1. The number of rotatable bonds is 6. The predicted molar refractivity (Wildman–Crippen MR) is 106 cm³/mol. The molecule has 0 saturated carbocycles. The average Bonchev–Trinajstić information content (AvgIpc) is 3.03. The van der Waals surface area contributed by atoms with Crippen molar-refractivity contribution in [3.63, 3.8) is 0 Å². The van der Waals surface area contributed by atoms with Crippen molar-refractivity contribution < 1.29 is 9.53 Å². The maximum Gasteiger partial charge on any atom is 0.265 e. The molecule has 0 saturated heterocycles. The first kappa shape index (κ1) is 19.3. The van der Waals surface area contributed by atoms with Gasteiger partial charge in [0.2, 0.25) is 0 Å². The first-order chi connectivity index (χ1) is 12.9. The van der Waals surface area contributed by atoms with E-state index in [9.17, 15) is 4.79 Å². The molecule has 3 rings (SSSR count). The number of hydrogen-bond acceptors (Lipinski definition) is 5. The van der Waals surface area contributed by atoms with E-state index < -0.39 is 6.10 Å². The molecule has 0 bridgehead atoms. The zero-order chi connectivity index (χ0) is 19.4. The fourth-order valence-electron chi connectivity index (χ4n) is 2.31. The summed E-state index contributed by atoms with van der Waals surface area (Å²) in [5.74, 6) is 0.413. The molecule has 1 atom stereocenters. The highest BCUT2D eigenvalue weighted by Gasteiger charge is 2.16. The summed E-state index contributed by atoms with van der Waals surface area (Å²) in [7, 11) is 1.89. The molecule has 140 valence electrons. The quantitative estimate of drug-likeness (QED) is 0.664. The summed E-state index contributed by atoms with van der Waals surface area (Å²) in [6.45, 7) is 3.60. The lowest BCUT2D eigenvalue weighted by atomic mass is 10.2. The number of benzene rings is 2. The third-order valence-electron chi connectivity index (χ3n) is 3.81. The van der Waals surface area contributed by atoms with Gasteiger partial charge in [-0.1, -0.05) is 11.6 Å². The second-order valence-corrected chi connectivity index (χ2v) is 7.49. The lowest BCUT2D eigenvalue weighted by molar-refractivity contribution is -0.122. The number of nitrogens with one attached hydrogen (secondary N) is 1. The van der Waals surface area contributed by atoms with E-state index in [0.29, 0.717) is 16.5 Å². The van der Waals surface area contributed by atoms with Gasteiger partial charge < -0.3 is 14.6 Å². The predicted octanol–water partition coefficient (Wildman–Crippen LogP) is 4.33. The molecular formula is C19H19ClN4O2S. The molecule has 1 unspecified atom stereocenters. The van der Waals surface area contributed by atoms with Crippen molar-refractivity contribution >= 4 is 35.0 Å². The van der Waals surface area contributed by atoms with E-state index in [1.165, 1.54) is 11.8 Å². The van der Waals surface area contributed by atoms with Crippen LogP contribution in [0, 0.1) is 6.92 Å². The summed E-state index contributed by atoms with van der Waals surface area (Å²) in [5.41, 5.74) is 1.58. The Bertz CT molecular complexity index is 943. The maximum atomic E-state index is 12.4. The van der Waals surface area contributed by atoms with Crippen LogP contribution in [0.3, 0.4) is 0 Å². The Morgan fingerprint density at radius 2 is 2.00 bits per heavy atom. The van der Waals surface area contributed by atoms with Crippen LogP contribution in [0.1, 0.15) is 12.5 Å². The van der Waals surface area contributed by atoms with Crippen molar-refractivity contribution in [1.82, 2.24) is 14.8 Å². The van der Waals surface area contributed by atoms with Crippen LogP contribution in [-0.4, -0.2) is 26.8 Å². The molecule has 0 aliphatic heterocycles. The molecule has 27 heavy (non-hydrogen) atoms. The van der Waals surface area contributed by atoms with Gasteiger partial charge >= 0.3 is 0 Å². The van der Waals surface area contributed by atoms with Crippen LogP contribution in [-0.2, 0) is 11.8 Å². The molecule has 0 spiro atoms. The second-order valence-electron chi connectivity index (χ2n) is 6.01. The number of aryl methyl sites for hydroxylation is 2. The molecule has 1 heterocycles. The Morgan fingerprint density at radius 3 is 2.63 bits per heavy atom. The van der Waals surface area contributed by atoms with Gasteiger partial charge in [0.15, 0.2) is 11.3 Å². The monoisotopic (exact) mass is 402 g/mol. The molecule has 1 amide bonds. The van der Waals surface area contributed by atoms with Gasteiger partial charge in [-0.25, -0.2) is 0 Å². The lowest BCUT2D eigenvalue weighted by Crippen LogP contribution is -2.30. The number of aromatic nitrogens is 3. The number of halogens is 1. The van der Waals surface area contributed by atoms with Crippen molar-refractivity contribution in [2.75, 3.05) is 5.32 Å². The number of carbonyl (C=O) groups excluding carboxylic acids is 1. The van der Waals surface area contributed by atoms with Crippen molar-refractivity contribution in [3.8, 4) is 5.75 Å². The minimum Gasteiger partial charge on any atom is -0.481 e. The lowest BCUT2D eigenvalue weighted by Gasteiger charge is -2.16. The number of anilines is 1. The minimum atomic E-state index is -0.641. The fourth-order valence-corrected chi connectivity index (χ4v) is 3.30. The van der Waals surface area contributed by atoms with Crippen molar-refractivity contribution in [2.45, 2.75) is 30.0 Å². The number of ether oxygens (including phenoxy) is 1. The van der Waals surface area contributed by atoms with E-state index in [1.54, 1.807) is 31.5 Å². The van der Waals surface area contributed by atoms with Crippen molar-refractivity contribution in [2.24, 2.45) is 7.05 Å². The molecule has 6 nitrogen and oxygen atoms in total. The highest BCUT2D eigenvalue weighted by Crippen LogP contribution is 2.27. The van der Waals surface area contributed by atoms with Crippen LogP contribution >= 0.6 is 23.4 Å². The standard InChI is InChI=1S/C19H19ClN4O2S/c1-12-10-14(20)4-9-17(12)26-13(2)18(25)22-15-5-7-16(8-6-15)27-19-23-21-11-24(19)3/h4-11,13H,1-3H3,(H,22,25). The Kier molecular flexibility index (Phi) is 6.03. The second kappa shape index (κ2) is 8.45. The van der Waals surface area contributed by atoms with E-state index in [2.05, 4.69) is 15.5 Å². The summed E-state index contributed by atoms with van der Waals surface area (Å²) in [6.07, 6.45) is 1.01. The van der Waals surface area contributed by atoms with Gasteiger partial charge in [-0.15, -0.1) is 10.2 Å². The van der Waals surface area contributed by atoms with Gasteiger partial charge in [0.1, 0.15) is 12.1 Å². The molecule has 1 N–H and O–H groups in total. The number of amides is 1. The topological polar surface area (TPSA) is 69.0 Å². The molecule has 0 fully saturated rings. The van der Waals surface area contributed by atoms with Crippen LogP contribution < -0.4 is 10.1 Å². The maximum absolute atomic E-state index is 12.4. The largest absolute Gasteiger partial charge is 0.481 e. The van der Waals surface area contributed by atoms with Crippen LogP contribution in [0.25, 0.3) is 0 Å². The third kappa shape index (κ3) is 5.02. The molecular weight excluding hydrogens is 384 g/mol. The molecule has 1 aromatic heterocycles. The van der Waals surface area contributed by atoms with Crippen LogP contribution in [0.4, 0.5) is 5.69 Å². The molecule has 3 aromatic rings. The van der Waals surface area contributed by atoms with E-state index in [0.717, 1.165) is 15.6 Å². The van der Waals surface area contributed by atoms with Crippen LogP contribution in [0.2, 0.25) is 5.02 Å². The Hall–Kier alpha value is -2.51. The van der Waals surface area contributed by atoms with Gasteiger partial charge in [0.05, 0.1) is 0 Å². The molecule has 2 aromatic carbocycles. The van der Waals surface area contributed by atoms with Gasteiger partial charge in [-0.05, 0) is 73.6 Å². The van der Waals surface area contributed by atoms with E-state index >= 15 is 0 Å². The summed E-state index contributed by atoms with van der Waals surface area (Å²) >= 11 is 7.44. The summed E-state index contributed by atoms with van der Waals surface area (Å²) in [5, 5.41) is 12.2. The van der Waals surface area contributed by atoms with Crippen LogP contribution in [0.15, 0.2) is 58.8 Å². The average molecular weight is 403 g/mol. The molecule has 0 aliphatic carbocycles. The molecule has 8 heteroatoms. The summed E-state index contributed by atoms with van der Waals surface area (Å²) in [6, 6.07) is 12.8. The van der Waals surface area contributed by atoms with E-state index in [-0.39, 0.29) is 5.91 Å². The highest BCUT2D eigenvalue weighted by atomic mass is 35.5. The first-order valence-electron chi connectivity index (χ1n) is 8.28. The zero-order valence-corrected chi connectivity index (χ0v) is 16.7. The fraction of sp³-hybridized carbons (Fsp3) is 0.211. The summed E-state index contributed by atoms with van der Waals surface area (Å²) < 4.78 is 7.59. The molecule has 0 aliphatic rings. The normalized spacial score (nSPS) is 11.9. The van der Waals surface area contributed by atoms with Gasteiger partial charge in [-0.2, -0.15) is 0 Å². The smallest absolute Gasteiger partial charge is 0.265 e. The van der Waals surface area contributed by atoms with Crippen LogP contribution in [0.5, 0.6) is 5.75 Å².